The average Bonchev–Trinajstić information content (AvgIpc) is 3.26. The van der Waals surface area contributed by atoms with Gasteiger partial charge in [-0.25, -0.2) is 9.97 Å². The number of aliphatic carboxylic acids is 1. The third-order valence-corrected chi connectivity index (χ3v) is 5.79. The molecular formula is C25H21N3O2. The molecule has 0 unspecified atom stereocenters. The molecule has 3 aromatic carbocycles. The molecule has 0 amide bonds. The van der Waals surface area contributed by atoms with Crippen LogP contribution in [0.3, 0.4) is 0 Å². The highest BCUT2D eigenvalue weighted by molar-refractivity contribution is 5.93. The van der Waals surface area contributed by atoms with E-state index in [0.29, 0.717) is 19.0 Å². The summed E-state index contributed by atoms with van der Waals surface area (Å²) in [5.41, 5.74) is 3.78. The molecule has 1 fully saturated rings. The van der Waals surface area contributed by atoms with E-state index < -0.39 is 11.9 Å². The van der Waals surface area contributed by atoms with E-state index in [9.17, 15) is 9.90 Å². The molecule has 2 heterocycles. The maximum atomic E-state index is 12.0. The van der Waals surface area contributed by atoms with Gasteiger partial charge in [0.1, 0.15) is 0 Å². The van der Waals surface area contributed by atoms with Gasteiger partial charge >= 0.3 is 5.97 Å². The molecule has 30 heavy (non-hydrogen) atoms. The van der Waals surface area contributed by atoms with Crippen molar-refractivity contribution in [2.24, 2.45) is 5.92 Å². The first-order valence-corrected chi connectivity index (χ1v) is 10.1. The zero-order chi connectivity index (χ0) is 20.5. The number of aromatic nitrogens is 2. The monoisotopic (exact) mass is 395 g/mol. The van der Waals surface area contributed by atoms with Gasteiger partial charge in [0.05, 0.1) is 17.1 Å². The molecule has 5 nitrogen and oxygen atoms in total. The fourth-order valence-corrected chi connectivity index (χ4v) is 4.28. The number of rotatable bonds is 4. The van der Waals surface area contributed by atoms with Gasteiger partial charge in [-0.15, -0.1) is 0 Å². The molecule has 0 aliphatic carbocycles. The third-order valence-electron chi connectivity index (χ3n) is 5.79. The van der Waals surface area contributed by atoms with Gasteiger partial charge in [-0.3, -0.25) is 4.79 Å². The Kier molecular flexibility index (Phi) is 4.64. The van der Waals surface area contributed by atoms with E-state index in [-0.39, 0.29) is 5.92 Å². The summed E-state index contributed by atoms with van der Waals surface area (Å²) in [5.74, 6) is -0.797. The lowest BCUT2D eigenvalue weighted by Crippen LogP contribution is -2.24. The minimum Gasteiger partial charge on any atom is -0.481 e. The quantitative estimate of drug-likeness (QED) is 0.547. The van der Waals surface area contributed by atoms with Crippen LogP contribution in [0.15, 0.2) is 84.9 Å². The lowest BCUT2D eigenvalue weighted by atomic mass is 9.89. The van der Waals surface area contributed by atoms with Crippen molar-refractivity contribution in [2.45, 2.75) is 5.92 Å². The van der Waals surface area contributed by atoms with E-state index in [1.165, 1.54) is 0 Å². The Morgan fingerprint density at radius 1 is 0.833 bits per heavy atom. The largest absolute Gasteiger partial charge is 0.481 e. The highest BCUT2D eigenvalue weighted by atomic mass is 16.4. The lowest BCUT2D eigenvalue weighted by molar-refractivity contribution is -0.141. The fourth-order valence-electron chi connectivity index (χ4n) is 4.28. The predicted octanol–water partition coefficient (Wildman–Crippen LogP) is 4.60. The number of nitrogens with zero attached hydrogens (tertiary/aromatic N) is 3. The van der Waals surface area contributed by atoms with Gasteiger partial charge in [-0.05, 0) is 11.6 Å². The van der Waals surface area contributed by atoms with Crippen LogP contribution in [-0.2, 0) is 4.79 Å². The summed E-state index contributed by atoms with van der Waals surface area (Å²) in [7, 11) is 0. The van der Waals surface area contributed by atoms with Crippen LogP contribution in [0.5, 0.6) is 0 Å². The first-order chi connectivity index (χ1) is 14.7. The van der Waals surface area contributed by atoms with Crippen molar-refractivity contribution in [3.8, 4) is 11.3 Å². The van der Waals surface area contributed by atoms with Crippen molar-refractivity contribution in [3.63, 3.8) is 0 Å². The number of hydrogen-bond donors (Lipinski definition) is 1. The Labute approximate surface area is 174 Å². The van der Waals surface area contributed by atoms with Crippen LogP contribution in [0, 0.1) is 5.92 Å². The molecule has 148 valence electrons. The smallest absolute Gasteiger partial charge is 0.308 e. The summed E-state index contributed by atoms with van der Waals surface area (Å²) >= 11 is 0. The molecule has 4 aromatic rings. The number of para-hydroxylation sites is 1. The summed E-state index contributed by atoms with van der Waals surface area (Å²) in [5, 5.41) is 10.8. The number of hydrogen-bond acceptors (Lipinski definition) is 4. The van der Waals surface area contributed by atoms with Gasteiger partial charge in [0.25, 0.3) is 0 Å². The molecule has 1 saturated heterocycles. The van der Waals surface area contributed by atoms with Crippen LogP contribution < -0.4 is 4.90 Å². The van der Waals surface area contributed by atoms with Crippen LogP contribution in [0.4, 0.5) is 5.95 Å². The van der Waals surface area contributed by atoms with Gasteiger partial charge in [0.15, 0.2) is 0 Å². The molecule has 5 rings (SSSR count). The van der Waals surface area contributed by atoms with Crippen molar-refractivity contribution >= 4 is 22.8 Å². The minimum atomic E-state index is -0.782. The molecule has 5 heteroatoms. The highest BCUT2D eigenvalue weighted by Crippen LogP contribution is 2.36. The number of carbonyl (C=O) groups is 1. The minimum absolute atomic E-state index is 0.0982. The molecule has 1 aliphatic heterocycles. The molecule has 1 aliphatic rings. The van der Waals surface area contributed by atoms with Gasteiger partial charge in [-0.1, -0.05) is 78.9 Å². The first kappa shape index (κ1) is 18.3. The molecule has 0 saturated carbocycles. The van der Waals surface area contributed by atoms with E-state index in [4.69, 9.17) is 9.97 Å². The molecule has 2 atom stereocenters. The van der Waals surface area contributed by atoms with Crippen molar-refractivity contribution in [1.29, 1.82) is 0 Å². The van der Waals surface area contributed by atoms with Gasteiger partial charge in [-0.2, -0.15) is 0 Å². The summed E-state index contributed by atoms with van der Waals surface area (Å²) in [6, 6.07) is 27.9. The van der Waals surface area contributed by atoms with Crippen molar-refractivity contribution in [1.82, 2.24) is 9.97 Å². The van der Waals surface area contributed by atoms with E-state index >= 15 is 0 Å². The van der Waals surface area contributed by atoms with Crippen molar-refractivity contribution < 1.29 is 9.90 Å². The number of fused-ring (bicyclic) bond motifs is 1. The second kappa shape index (κ2) is 7.59. The Bertz CT molecular complexity index is 1190. The second-order valence-corrected chi connectivity index (χ2v) is 7.62. The molecule has 0 bridgehead atoms. The molecule has 1 N–H and O–H groups in total. The van der Waals surface area contributed by atoms with E-state index in [2.05, 4.69) is 0 Å². The normalized spacial score (nSPS) is 18.6. The van der Waals surface area contributed by atoms with Crippen LogP contribution in [0.2, 0.25) is 0 Å². The zero-order valence-corrected chi connectivity index (χ0v) is 16.3. The van der Waals surface area contributed by atoms with E-state index in [1.807, 2.05) is 89.8 Å². The molecule has 0 radical (unpaired) electrons. The van der Waals surface area contributed by atoms with Gasteiger partial charge in [0, 0.05) is 30.0 Å². The van der Waals surface area contributed by atoms with Gasteiger partial charge in [0.2, 0.25) is 5.95 Å². The fraction of sp³-hybridized carbons (Fsp3) is 0.160. The third kappa shape index (κ3) is 3.28. The standard InChI is InChI=1S/C25H21N3O2/c29-24(30)21-16-28(15-20(21)17-9-3-1-4-10-17)25-26-22-14-8-7-13-19(22)23(27-25)18-11-5-2-6-12-18/h1-14,20-21H,15-16H2,(H,29,30)/t20-,21-/m1/s1. The Hall–Kier alpha value is -3.73. The Morgan fingerprint density at radius 3 is 2.23 bits per heavy atom. The van der Waals surface area contributed by atoms with Crippen LogP contribution in [0.1, 0.15) is 11.5 Å². The highest BCUT2D eigenvalue weighted by Gasteiger charge is 2.39. The van der Waals surface area contributed by atoms with E-state index in [1.54, 1.807) is 0 Å². The summed E-state index contributed by atoms with van der Waals surface area (Å²) in [4.78, 5) is 23.7. The Balaban J connectivity index is 1.59. The number of carboxylic acids is 1. The Morgan fingerprint density at radius 2 is 1.50 bits per heavy atom. The van der Waals surface area contributed by atoms with Crippen molar-refractivity contribution in [3.05, 3.63) is 90.5 Å². The predicted molar refractivity (Wildman–Crippen MR) is 117 cm³/mol. The lowest BCUT2D eigenvalue weighted by Gasteiger charge is -2.18. The maximum absolute atomic E-state index is 12.0. The summed E-state index contributed by atoms with van der Waals surface area (Å²) < 4.78 is 0. The SMILES string of the molecule is O=C(O)[C@@H]1CN(c2nc(-c3ccccc3)c3ccccc3n2)C[C@@H]1c1ccccc1. The van der Waals surface area contributed by atoms with Crippen LogP contribution >= 0.6 is 0 Å². The average molecular weight is 395 g/mol. The van der Waals surface area contributed by atoms with Crippen LogP contribution in [-0.4, -0.2) is 34.1 Å². The molecular weight excluding hydrogens is 374 g/mol. The second-order valence-electron chi connectivity index (χ2n) is 7.62. The number of anilines is 1. The number of carboxylic acid groups (broad SMARTS) is 1. The molecule has 1 aromatic heterocycles. The van der Waals surface area contributed by atoms with Gasteiger partial charge < -0.3 is 10.0 Å². The summed E-state index contributed by atoms with van der Waals surface area (Å²) in [6.07, 6.45) is 0. The van der Waals surface area contributed by atoms with Crippen LogP contribution in [0.25, 0.3) is 22.2 Å². The zero-order valence-electron chi connectivity index (χ0n) is 16.3. The maximum Gasteiger partial charge on any atom is 0.308 e. The van der Waals surface area contributed by atoms with Crippen molar-refractivity contribution in [2.75, 3.05) is 18.0 Å². The molecule has 0 spiro atoms. The first-order valence-electron chi connectivity index (χ1n) is 10.1. The number of benzene rings is 3. The van der Waals surface area contributed by atoms with E-state index in [0.717, 1.165) is 27.7 Å². The summed E-state index contributed by atoms with van der Waals surface area (Å²) in [6.45, 7) is 0.967. The topological polar surface area (TPSA) is 66.3 Å².